The molecule has 0 amide bonds. The van der Waals surface area contributed by atoms with Gasteiger partial charge in [-0.1, -0.05) is 0 Å². The van der Waals surface area contributed by atoms with Crippen LogP contribution in [0, 0.1) is 0 Å². The van der Waals surface area contributed by atoms with Crippen molar-refractivity contribution in [1.29, 1.82) is 0 Å². The molecule has 0 fully saturated rings. The molecule has 0 aliphatic heterocycles. The Morgan fingerprint density at radius 2 is 0.821 bits per heavy atom. The van der Waals surface area contributed by atoms with Crippen LogP contribution in [0.15, 0.2) is 91.8 Å². The summed E-state index contributed by atoms with van der Waals surface area (Å²) in [7, 11) is 0. The van der Waals surface area contributed by atoms with Gasteiger partial charge in [-0.2, -0.15) is 0 Å². The maximum Gasteiger partial charge on any atom is 0.0365 e. The Labute approximate surface area is 171 Å². The van der Waals surface area contributed by atoms with Crippen molar-refractivity contribution in [2.45, 2.75) is 0 Å². The van der Waals surface area contributed by atoms with Gasteiger partial charge in [0.2, 0.25) is 0 Å². The van der Waals surface area contributed by atoms with E-state index in [4.69, 9.17) is 0 Å². The summed E-state index contributed by atoms with van der Waals surface area (Å²) in [5.74, 6) is 0. The van der Waals surface area contributed by atoms with Gasteiger partial charge in [-0.25, -0.2) is 0 Å². The predicted molar refractivity (Wildman–Crippen MR) is 117 cm³/mol. The van der Waals surface area contributed by atoms with Crippen molar-refractivity contribution in [3.05, 3.63) is 91.8 Å². The highest BCUT2D eigenvalue weighted by Gasteiger charge is 2.09. The second-order valence-corrected chi connectivity index (χ2v) is 8.43. The Morgan fingerprint density at radius 1 is 0.429 bits per heavy atom. The van der Waals surface area contributed by atoms with Crippen LogP contribution >= 0.6 is 22.7 Å². The fraction of sp³-hybridized carbons (Fsp3) is 0. The molecule has 3 nitrogen and oxygen atoms in total. The van der Waals surface area contributed by atoms with E-state index >= 15 is 0 Å². The van der Waals surface area contributed by atoms with E-state index in [1.165, 1.54) is 30.6 Å². The number of rotatable bonds is 4. The summed E-state index contributed by atoms with van der Waals surface area (Å²) >= 11 is 3.55. The molecule has 0 aliphatic carbocycles. The van der Waals surface area contributed by atoms with Gasteiger partial charge >= 0.3 is 0 Å². The lowest BCUT2D eigenvalue weighted by atomic mass is 10.1. The molecule has 0 spiro atoms. The zero-order chi connectivity index (χ0) is 18.8. The summed E-state index contributed by atoms with van der Waals surface area (Å²) in [6.45, 7) is 0. The van der Waals surface area contributed by atoms with Crippen LogP contribution in [0.3, 0.4) is 0 Å². The highest BCUT2D eigenvalue weighted by atomic mass is 32.1. The van der Waals surface area contributed by atoms with Gasteiger partial charge in [0.1, 0.15) is 0 Å². The van der Waals surface area contributed by atoms with Crippen LogP contribution in [0.1, 0.15) is 0 Å². The molecule has 5 aromatic rings. The summed E-state index contributed by atoms with van der Waals surface area (Å²) in [5, 5.41) is 0. The second kappa shape index (κ2) is 7.46. The lowest BCUT2D eigenvalue weighted by Gasteiger charge is -2.01. The van der Waals surface area contributed by atoms with E-state index < -0.39 is 0 Å². The molecule has 0 atom stereocenters. The first-order valence-corrected chi connectivity index (χ1v) is 10.5. The largest absolute Gasteiger partial charge is 0.265 e. The summed E-state index contributed by atoms with van der Waals surface area (Å²) in [4.78, 5) is 17.6. The number of thiophene rings is 2. The normalized spacial score (nSPS) is 10.9. The Hall–Kier alpha value is -3.15. The van der Waals surface area contributed by atoms with E-state index in [0.29, 0.717) is 0 Å². The first kappa shape index (κ1) is 17.0. The maximum atomic E-state index is 4.49. The van der Waals surface area contributed by atoms with Gasteiger partial charge in [0.25, 0.3) is 0 Å². The molecule has 134 valence electrons. The third-order valence-corrected chi connectivity index (χ3v) is 6.82. The number of pyridine rings is 3. The molecule has 0 saturated carbocycles. The van der Waals surface area contributed by atoms with Crippen LogP contribution in [0.25, 0.3) is 41.8 Å². The SMILES string of the molecule is c1cc(-c2ccc(-c3cncc(-c4ccc(-c5ccncc5)s4)c3)s2)ccn1. The number of hydrogen-bond acceptors (Lipinski definition) is 5. The van der Waals surface area contributed by atoms with Crippen molar-refractivity contribution >= 4 is 22.7 Å². The maximum absolute atomic E-state index is 4.49. The number of hydrogen-bond donors (Lipinski definition) is 0. The monoisotopic (exact) mass is 397 g/mol. The highest BCUT2D eigenvalue weighted by molar-refractivity contribution is 7.19. The van der Waals surface area contributed by atoms with Gasteiger partial charge in [0.05, 0.1) is 0 Å². The van der Waals surface area contributed by atoms with Crippen LogP contribution in [0.4, 0.5) is 0 Å². The van der Waals surface area contributed by atoms with Gasteiger partial charge in [0, 0.05) is 67.8 Å². The highest BCUT2D eigenvalue weighted by Crippen LogP contribution is 2.38. The molecular formula is C23H15N3S2. The van der Waals surface area contributed by atoms with Crippen molar-refractivity contribution in [2.24, 2.45) is 0 Å². The van der Waals surface area contributed by atoms with Crippen LogP contribution in [-0.2, 0) is 0 Å². The zero-order valence-electron chi connectivity index (χ0n) is 14.8. The van der Waals surface area contributed by atoms with Crippen LogP contribution < -0.4 is 0 Å². The predicted octanol–water partition coefficient (Wildman–Crippen LogP) is 6.66. The third kappa shape index (κ3) is 3.38. The van der Waals surface area contributed by atoms with E-state index in [1.807, 2.05) is 61.4 Å². The molecule has 0 unspecified atom stereocenters. The average molecular weight is 398 g/mol. The van der Waals surface area contributed by atoms with E-state index in [-0.39, 0.29) is 0 Å². The van der Waals surface area contributed by atoms with E-state index in [0.717, 1.165) is 11.1 Å². The molecule has 0 aromatic carbocycles. The van der Waals surface area contributed by atoms with Crippen molar-refractivity contribution in [1.82, 2.24) is 15.0 Å². The van der Waals surface area contributed by atoms with Gasteiger partial charge in [-0.3, -0.25) is 15.0 Å². The van der Waals surface area contributed by atoms with Crippen LogP contribution in [0.2, 0.25) is 0 Å². The summed E-state index contributed by atoms with van der Waals surface area (Å²) < 4.78 is 0. The van der Waals surface area contributed by atoms with Crippen LogP contribution in [0.5, 0.6) is 0 Å². The van der Waals surface area contributed by atoms with Crippen LogP contribution in [-0.4, -0.2) is 15.0 Å². The minimum absolute atomic E-state index is 1.14. The number of aromatic nitrogens is 3. The standard InChI is InChI=1S/C23H15N3S2/c1-3-22(27-20(1)16-5-9-24-10-6-16)18-13-19(15-26-14-18)23-4-2-21(28-23)17-7-11-25-12-8-17/h1-15H. The molecule has 0 bridgehead atoms. The second-order valence-electron chi connectivity index (χ2n) is 6.26. The average Bonchev–Trinajstić information content (AvgIpc) is 3.46. The Bertz CT molecular complexity index is 1120. The lowest BCUT2D eigenvalue weighted by molar-refractivity contribution is 1.33. The quantitative estimate of drug-likeness (QED) is 0.340. The molecule has 0 aliphatic rings. The number of nitrogens with zero attached hydrogens (tertiary/aromatic N) is 3. The molecule has 5 heteroatoms. The van der Waals surface area contributed by atoms with E-state index in [1.54, 1.807) is 22.7 Å². The molecule has 0 radical (unpaired) electrons. The van der Waals surface area contributed by atoms with Crippen molar-refractivity contribution in [3.8, 4) is 41.8 Å². The molecule has 0 N–H and O–H groups in total. The first-order valence-electron chi connectivity index (χ1n) is 8.83. The Balaban J connectivity index is 1.46. The van der Waals surface area contributed by atoms with Crippen molar-refractivity contribution in [2.75, 3.05) is 0 Å². The Kier molecular flexibility index (Phi) is 4.53. The van der Waals surface area contributed by atoms with Gasteiger partial charge in [0.15, 0.2) is 0 Å². The summed E-state index contributed by atoms with van der Waals surface area (Å²) in [5.41, 5.74) is 4.66. The van der Waals surface area contributed by atoms with Gasteiger partial charge in [-0.15, -0.1) is 22.7 Å². The topological polar surface area (TPSA) is 38.7 Å². The molecule has 5 aromatic heterocycles. The summed E-state index contributed by atoms with van der Waals surface area (Å²) in [6, 6.07) is 19.0. The lowest BCUT2D eigenvalue weighted by Crippen LogP contribution is -1.79. The van der Waals surface area contributed by atoms with Crippen molar-refractivity contribution in [3.63, 3.8) is 0 Å². The van der Waals surface area contributed by atoms with E-state index in [2.05, 4.69) is 45.3 Å². The van der Waals surface area contributed by atoms with Gasteiger partial charge in [-0.05, 0) is 65.7 Å². The molecule has 5 rings (SSSR count). The summed E-state index contributed by atoms with van der Waals surface area (Å²) in [6.07, 6.45) is 11.2. The minimum Gasteiger partial charge on any atom is -0.265 e. The van der Waals surface area contributed by atoms with Crippen molar-refractivity contribution < 1.29 is 0 Å². The molecule has 0 saturated heterocycles. The van der Waals surface area contributed by atoms with E-state index in [9.17, 15) is 0 Å². The fourth-order valence-corrected chi connectivity index (χ4v) is 5.02. The Morgan fingerprint density at radius 3 is 1.25 bits per heavy atom. The molecule has 28 heavy (non-hydrogen) atoms. The third-order valence-electron chi connectivity index (χ3n) is 4.45. The molecule has 5 heterocycles. The fourth-order valence-electron chi connectivity index (χ4n) is 3.04. The molecular weight excluding hydrogens is 382 g/mol. The van der Waals surface area contributed by atoms with Gasteiger partial charge < -0.3 is 0 Å². The minimum atomic E-state index is 1.14. The first-order chi connectivity index (χ1) is 13.9. The smallest absolute Gasteiger partial charge is 0.0365 e. The zero-order valence-corrected chi connectivity index (χ0v) is 16.5.